The summed E-state index contributed by atoms with van der Waals surface area (Å²) in [6.07, 6.45) is 0. The predicted molar refractivity (Wildman–Crippen MR) is 92.4 cm³/mol. The smallest absolute Gasteiger partial charge is 0.342 e. The van der Waals surface area contributed by atoms with Gasteiger partial charge in [0.2, 0.25) is 0 Å². The van der Waals surface area contributed by atoms with E-state index in [4.69, 9.17) is 4.18 Å². The topological polar surface area (TPSA) is 61.2 Å². The van der Waals surface area contributed by atoms with E-state index in [2.05, 4.69) is 5.10 Å². The Hall–Kier alpha value is -2.60. The lowest BCUT2D eigenvalue weighted by Crippen LogP contribution is -2.12. The predicted octanol–water partition coefficient (Wildman–Crippen LogP) is 3.47. The molecule has 0 amide bonds. The summed E-state index contributed by atoms with van der Waals surface area (Å²) >= 11 is 0. The summed E-state index contributed by atoms with van der Waals surface area (Å²) in [6, 6.07) is 16.6. The van der Waals surface area contributed by atoms with Crippen molar-refractivity contribution < 1.29 is 12.6 Å². The molecule has 24 heavy (non-hydrogen) atoms. The number of hydrogen-bond acceptors (Lipinski definition) is 4. The Morgan fingerprint density at radius 2 is 1.58 bits per heavy atom. The molecule has 5 nitrogen and oxygen atoms in total. The number of aryl methyl sites for hydroxylation is 2. The van der Waals surface area contributed by atoms with Crippen LogP contribution in [0.5, 0.6) is 5.75 Å². The molecule has 0 saturated heterocycles. The van der Waals surface area contributed by atoms with Crippen LogP contribution in [0.15, 0.2) is 59.5 Å². The van der Waals surface area contributed by atoms with Crippen LogP contribution in [0.1, 0.15) is 11.4 Å². The number of rotatable bonds is 4. The normalized spacial score (nSPS) is 11.5. The molecular formula is C18H18N2O3S. The van der Waals surface area contributed by atoms with Crippen molar-refractivity contribution in [3.05, 3.63) is 66.0 Å². The van der Waals surface area contributed by atoms with Crippen LogP contribution in [0, 0.1) is 13.8 Å². The fourth-order valence-corrected chi connectivity index (χ4v) is 4.03. The molecule has 0 aliphatic heterocycles. The van der Waals surface area contributed by atoms with Crippen molar-refractivity contribution in [1.29, 1.82) is 0 Å². The molecule has 0 N–H and O–H groups in total. The molecule has 3 aromatic rings. The number of hydrogen-bond donors (Lipinski definition) is 0. The Bertz CT molecular complexity index is 977. The van der Waals surface area contributed by atoms with Crippen LogP contribution >= 0.6 is 0 Å². The number of benzene rings is 2. The minimum atomic E-state index is -3.97. The van der Waals surface area contributed by atoms with E-state index >= 15 is 0 Å². The zero-order valence-corrected chi connectivity index (χ0v) is 14.5. The van der Waals surface area contributed by atoms with Crippen molar-refractivity contribution in [3.63, 3.8) is 0 Å². The molecule has 1 heterocycles. The van der Waals surface area contributed by atoms with E-state index in [-0.39, 0.29) is 4.90 Å². The third kappa shape index (κ3) is 2.92. The molecular weight excluding hydrogens is 324 g/mol. The second-order valence-corrected chi connectivity index (χ2v) is 7.01. The Morgan fingerprint density at radius 1 is 0.958 bits per heavy atom. The van der Waals surface area contributed by atoms with Crippen LogP contribution in [-0.4, -0.2) is 18.2 Å². The highest BCUT2D eigenvalue weighted by Crippen LogP contribution is 2.32. The first-order valence-electron chi connectivity index (χ1n) is 7.49. The van der Waals surface area contributed by atoms with Crippen LogP contribution in [0.3, 0.4) is 0 Å². The zero-order valence-electron chi connectivity index (χ0n) is 13.7. The van der Waals surface area contributed by atoms with Gasteiger partial charge in [0, 0.05) is 12.6 Å². The molecule has 1 aromatic heterocycles. The first-order valence-corrected chi connectivity index (χ1v) is 8.90. The first kappa shape index (κ1) is 16.3. The van der Waals surface area contributed by atoms with Gasteiger partial charge in [0.05, 0.1) is 11.4 Å². The van der Waals surface area contributed by atoms with E-state index in [0.29, 0.717) is 17.1 Å². The Labute approximate surface area is 141 Å². The molecule has 124 valence electrons. The highest BCUT2D eigenvalue weighted by molar-refractivity contribution is 7.87. The van der Waals surface area contributed by atoms with Gasteiger partial charge in [-0.25, -0.2) is 0 Å². The lowest BCUT2D eigenvalue weighted by Gasteiger charge is -2.12. The van der Waals surface area contributed by atoms with E-state index in [9.17, 15) is 8.42 Å². The summed E-state index contributed by atoms with van der Waals surface area (Å²) in [5.74, 6) is 0.298. The van der Waals surface area contributed by atoms with Gasteiger partial charge in [-0.15, -0.1) is 0 Å². The Morgan fingerprint density at radius 3 is 2.21 bits per heavy atom. The summed E-state index contributed by atoms with van der Waals surface area (Å²) < 4.78 is 32.5. The van der Waals surface area contributed by atoms with Crippen LogP contribution < -0.4 is 4.18 Å². The SMILES string of the molecule is Cc1nn(C)c(C)c1S(=O)(=O)Oc1ccccc1-c1ccccc1. The van der Waals surface area contributed by atoms with Crippen molar-refractivity contribution in [3.8, 4) is 16.9 Å². The maximum atomic E-state index is 12.8. The van der Waals surface area contributed by atoms with Crippen molar-refractivity contribution in [2.45, 2.75) is 18.7 Å². The van der Waals surface area contributed by atoms with Gasteiger partial charge >= 0.3 is 10.1 Å². The van der Waals surface area contributed by atoms with E-state index < -0.39 is 10.1 Å². The lowest BCUT2D eigenvalue weighted by atomic mass is 10.1. The molecule has 2 aromatic carbocycles. The van der Waals surface area contributed by atoms with Crippen LogP contribution in [0.25, 0.3) is 11.1 Å². The molecule has 0 aliphatic rings. The molecule has 0 unspecified atom stereocenters. The number of para-hydroxylation sites is 1. The first-order chi connectivity index (χ1) is 11.4. The van der Waals surface area contributed by atoms with Crippen LogP contribution in [0.4, 0.5) is 0 Å². The molecule has 6 heteroatoms. The molecule has 0 spiro atoms. The van der Waals surface area contributed by atoms with Crippen molar-refractivity contribution in [2.24, 2.45) is 7.05 Å². The second kappa shape index (κ2) is 6.13. The molecule has 0 radical (unpaired) electrons. The maximum absolute atomic E-state index is 12.8. The van der Waals surface area contributed by atoms with Gasteiger partial charge < -0.3 is 4.18 Å². The molecule has 0 aliphatic carbocycles. The van der Waals surface area contributed by atoms with Crippen LogP contribution in [-0.2, 0) is 17.2 Å². The van der Waals surface area contributed by atoms with Gasteiger partial charge in [-0.3, -0.25) is 4.68 Å². The summed E-state index contributed by atoms with van der Waals surface area (Å²) in [5.41, 5.74) is 2.58. The largest absolute Gasteiger partial charge is 0.378 e. The zero-order chi connectivity index (χ0) is 17.3. The minimum Gasteiger partial charge on any atom is -0.378 e. The fraction of sp³-hybridized carbons (Fsp3) is 0.167. The second-order valence-electron chi connectivity index (χ2n) is 5.52. The summed E-state index contributed by atoms with van der Waals surface area (Å²) in [4.78, 5) is 0.118. The van der Waals surface area contributed by atoms with E-state index in [0.717, 1.165) is 11.1 Å². The third-order valence-electron chi connectivity index (χ3n) is 3.86. The summed E-state index contributed by atoms with van der Waals surface area (Å²) in [6.45, 7) is 3.37. The highest BCUT2D eigenvalue weighted by atomic mass is 32.2. The van der Waals surface area contributed by atoms with Gasteiger partial charge in [0.25, 0.3) is 0 Å². The molecule has 3 rings (SSSR count). The van der Waals surface area contributed by atoms with Gasteiger partial charge in [-0.2, -0.15) is 13.5 Å². The van der Waals surface area contributed by atoms with E-state index in [1.54, 1.807) is 33.0 Å². The van der Waals surface area contributed by atoms with E-state index in [1.807, 2.05) is 42.5 Å². The van der Waals surface area contributed by atoms with Gasteiger partial charge in [-0.1, -0.05) is 48.5 Å². The number of nitrogens with zero attached hydrogens (tertiary/aromatic N) is 2. The van der Waals surface area contributed by atoms with E-state index in [1.165, 1.54) is 4.68 Å². The average molecular weight is 342 g/mol. The average Bonchev–Trinajstić information content (AvgIpc) is 2.81. The van der Waals surface area contributed by atoms with Crippen molar-refractivity contribution in [2.75, 3.05) is 0 Å². The standard InChI is InChI=1S/C18H18N2O3S/c1-13-18(14(2)20(3)19-13)24(21,22)23-17-12-8-7-11-16(17)15-9-5-4-6-10-15/h4-12H,1-3H3. The number of aromatic nitrogens is 2. The van der Waals surface area contributed by atoms with Gasteiger partial charge in [-0.05, 0) is 25.5 Å². The van der Waals surface area contributed by atoms with Crippen molar-refractivity contribution >= 4 is 10.1 Å². The van der Waals surface area contributed by atoms with Crippen LogP contribution in [0.2, 0.25) is 0 Å². The minimum absolute atomic E-state index is 0.118. The molecule has 0 fully saturated rings. The molecule has 0 bridgehead atoms. The monoisotopic (exact) mass is 342 g/mol. The fourth-order valence-electron chi connectivity index (χ4n) is 2.67. The quantitative estimate of drug-likeness (QED) is 0.681. The Balaban J connectivity index is 2.06. The Kier molecular flexibility index (Phi) is 4.15. The summed E-state index contributed by atoms with van der Waals surface area (Å²) in [5, 5.41) is 4.16. The maximum Gasteiger partial charge on any atom is 0.342 e. The third-order valence-corrected chi connectivity index (χ3v) is 5.35. The van der Waals surface area contributed by atoms with Crippen molar-refractivity contribution in [1.82, 2.24) is 9.78 Å². The lowest BCUT2D eigenvalue weighted by molar-refractivity contribution is 0.485. The highest BCUT2D eigenvalue weighted by Gasteiger charge is 2.26. The summed E-state index contributed by atoms with van der Waals surface area (Å²) in [7, 11) is -2.26. The van der Waals surface area contributed by atoms with Gasteiger partial charge in [0.15, 0.2) is 5.75 Å². The van der Waals surface area contributed by atoms with Gasteiger partial charge in [0.1, 0.15) is 4.90 Å². The molecule has 0 saturated carbocycles. The molecule has 0 atom stereocenters.